The highest BCUT2D eigenvalue weighted by Crippen LogP contribution is 2.28. The second kappa shape index (κ2) is 5.33. The van der Waals surface area contributed by atoms with E-state index in [-0.39, 0.29) is 11.7 Å². The molecule has 0 radical (unpaired) electrons. The average molecular weight is 239 g/mol. The van der Waals surface area contributed by atoms with Crippen LogP contribution in [-0.2, 0) is 4.79 Å². The van der Waals surface area contributed by atoms with Gasteiger partial charge in [-0.25, -0.2) is 0 Å². The maximum Gasteiger partial charge on any atom is 0.238 e. The van der Waals surface area contributed by atoms with Gasteiger partial charge >= 0.3 is 0 Å². The average Bonchev–Trinajstić information content (AvgIpc) is 2.83. The van der Waals surface area contributed by atoms with Crippen LogP contribution in [0.2, 0.25) is 0 Å². The normalized spacial score (nSPS) is 12.5. The Hall–Kier alpha value is -2.05. The van der Waals surface area contributed by atoms with Gasteiger partial charge in [0.05, 0.1) is 11.9 Å². The van der Waals surface area contributed by atoms with E-state index in [0.29, 0.717) is 18.5 Å². The van der Waals surface area contributed by atoms with Gasteiger partial charge in [0.15, 0.2) is 5.84 Å². The number of aromatic nitrogens is 2. The van der Waals surface area contributed by atoms with E-state index in [0.717, 1.165) is 0 Å². The molecule has 5 N–H and O–H groups in total. The first kappa shape index (κ1) is 13.0. The number of hydrogen-bond acceptors (Lipinski definition) is 4. The third kappa shape index (κ3) is 2.38. The lowest BCUT2D eigenvalue weighted by Gasteiger charge is -2.28. The molecule has 0 saturated carbocycles. The lowest BCUT2D eigenvalue weighted by Crippen LogP contribution is -2.46. The Morgan fingerprint density at radius 3 is 2.71 bits per heavy atom. The number of amides is 1. The zero-order valence-corrected chi connectivity index (χ0v) is 9.90. The first-order valence-electron chi connectivity index (χ1n) is 5.39. The molecule has 0 unspecified atom stereocenters. The first-order chi connectivity index (χ1) is 8.10. The van der Waals surface area contributed by atoms with E-state index in [4.69, 9.17) is 10.9 Å². The predicted molar refractivity (Wildman–Crippen MR) is 63.6 cm³/mol. The van der Waals surface area contributed by atoms with Crippen molar-refractivity contribution < 1.29 is 10.0 Å². The monoisotopic (exact) mass is 239 g/mol. The molecule has 0 atom stereocenters. The highest BCUT2D eigenvalue weighted by Gasteiger charge is 2.39. The fraction of sp³-hybridized carbons (Fsp3) is 0.500. The summed E-state index contributed by atoms with van der Waals surface area (Å²) in [7, 11) is 0. The van der Waals surface area contributed by atoms with Gasteiger partial charge in [-0.2, -0.15) is 5.10 Å². The minimum Gasteiger partial charge on any atom is -0.409 e. The third-order valence-electron chi connectivity index (χ3n) is 3.00. The van der Waals surface area contributed by atoms with Crippen LogP contribution in [-0.4, -0.2) is 27.1 Å². The van der Waals surface area contributed by atoms with E-state index in [1.54, 1.807) is 6.20 Å². The molecule has 7 nitrogen and oxygen atoms in total. The number of anilines is 1. The van der Waals surface area contributed by atoms with Crippen molar-refractivity contribution in [2.24, 2.45) is 16.3 Å². The first-order valence-corrected chi connectivity index (χ1v) is 5.39. The van der Waals surface area contributed by atoms with Crippen molar-refractivity contribution in [1.82, 2.24) is 10.2 Å². The van der Waals surface area contributed by atoms with Crippen molar-refractivity contribution >= 4 is 17.4 Å². The third-order valence-corrected chi connectivity index (χ3v) is 3.00. The van der Waals surface area contributed by atoms with E-state index < -0.39 is 5.41 Å². The smallest absolute Gasteiger partial charge is 0.238 e. The number of aromatic amines is 1. The van der Waals surface area contributed by atoms with E-state index in [1.165, 1.54) is 6.20 Å². The van der Waals surface area contributed by atoms with Crippen molar-refractivity contribution in [2.45, 2.75) is 26.7 Å². The number of nitrogens with one attached hydrogen (secondary N) is 2. The van der Waals surface area contributed by atoms with Crippen molar-refractivity contribution in [3.8, 4) is 0 Å². The molecule has 7 heteroatoms. The van der Waals surface area contributed by atoms with Crippen LogP contribution in [0.1, 0.15) is 26.7 Å². The van der Waals surface area contributed by atoms with Crippen molar-refractivity contribution in [2.75, 3.05) is 5.32 Å². The van der Waals surface area contributed by atoms with Gasteiger partial charge in [-0.1, -0.05) is 19.0 Å². The molecule has 94 valence electrons. The molecule has 0 saturated heterocycles. The lowest BCUT2D eigenvalue weighted by atomic mass is 9.80. The molecule has 0 aliphatic carbocycles. The summed E-state index contributed by atoms with van der Waals surface area (Å²) in [6, 6.07) is 0. The minimum atomic E-state index is -0.994. The van der Waals surface area contributed by atoms with E-state index >= 15 is 0 Å². The van der Waals surface area contributed by atoms with Gasteiger partial charge in [0.1, 0.15) is 5.41 Å². The Balaban J connectivity index is 2.95. The number of carbonyl (C=O) groups excluding carboxylic acids is 1. The molecule has 0 aromatic carbocycles. The van der Waals surface area contributed by atoms with Gasteiger partial charge in [0, 0.05) is 6.20 Å². The summed E-state index contributed by atoms with van der Waals surface area (Å²) in [5.74, 6) is -0.386. The van der Waals surface area contributed by atoms with Crippen molar-refractivity contribution in [1.29, 1.82) is 0 Å². The van der Waals surface area contributed by atoms with Gasteiger partial charge in [-0.05, 0) is 12.8 Å². The van der Waals surface area contributed by atoms with Gasteiger partial charge in [0.25, 0.3) is 0 Å². The van der Waals surface area contributed by atoms with Gasteiger partial charge in [0.2, 0.25) is 5.91 Å². The molecule has 1 heterocycles. The molecule has 1 aromatic heterocycles. The molecule has 1 rings (SSSR count). The highest BCUT2D eigenvalue weighted by atomic mass is 16.4. The Kier molecular flexibility index (Phi) is 4.08. The van der Waals surface area contributed by atoms with Crippen LogP contribution in [0.5, 0.6) is 0 Å². The zero-order valence-electron chi connectivity index (χ0n) is 9.90. The number of nitrogens with two attached hydrogens (primary N) is 1. The lowest BCUT2D eigenvalue weighted by molar-refractivity contribution is -0.122. The van der Waals surface area contributed by atoms with Crippen LogP contribution in [0.4, 0.5) is 5.69 Å². The Morgan fingerprint density at radius 2 is 2.29 bits per heavy atom. The molecule has 1 amide bonds. The number of rotatable bonds is 5. The molecule has 0 bridgehead atoms. The number of hydrogen-bond donors (Lipinski definition) is 4. The van der Waals surface area contributed by atoms with Crippen LogP contribution in [0.25, 0.3) is 0 Å². The second-order valence-electron chi connectivity index (χ2n) is 3.72. The maximum atomic E-state index is 12.2. The summed E-state index contributed by atoms with van der Waals surface area (Å²) in [6.45, 7) is 3.63. The quantitative estimate of drug-likeness (QED) is 0.264. The zero-order chi connectivity index (χ0) is 12.9. The number of amidine groups is 1. The SMILES string of the molecule is CCC(CC)(C(=O)Nc1cn[nH]c1)C(N)=NO. The van der Waals surface area contributed by atoms with Crippen LogP contribution in [0.15, 0.2) is 17.5 Å². The molecular weight excluding hydrogens is 222 g/mol. The topological polar surface area (TPSA) is 116 Å². The summed E-state index contributed by atoms with van der Waals surface area (Å²) in [5.41, 5.74) is 5.17. The standard InChI is InChI=1S/C10H17N5O2/c1-3-10(4-2,8(11)15-17)9(16)14-7-5-12-13-6-7/h5-6,17H,3-4H2,1-2H3,(H2,11,15)(H,12,13)(H,14,16). The van der Waals surface area contributed by atoms with Gasteiger partial charge in [-0.3, -0.25) is 9.89 Å². The van der Waals surface area contributed by atoms with Gasteiger partial charge in [-0.15, -0.1) is 0 Å². The van der Waals surface area contributed by atoms with E-state index in [1.807, 2.05) is 13.8 Å². The number of carbonyl (C=O) groups is 1. The fourth-order valence-electron chi connectivity index (χ4n) is 1.72. The summed E-state index contributed by atoms with van der Waals surface area (Å²) in [4.78, 5) is 12.2. The molecule has 0 aliphatic rings. The van der Waals surface area contributed by atoms with Crippen LogP contribution < -0.4 is 11.1 Å². The Bertz CT molecular complexity index is 395. The van der Waals surface area contributed by atoms with Gasteiger partial charge < -0.3 is 16.3 Å². The molecule has 0 spiro atoms. The van der Waals surface area contributed by atoms with Crippen LogP contribution >= 0.6 is 0 Å². The summed E-state index contributed by atoms with van der Waals surface area (Å²) in [6.07, 6.45) is 3.94. The van der Waals surface area contributed by atoms with E-state index in [2.05, 4.69) is 20.7 Å². The molecule has 0 aliphatic heterocycles. The summed E-state index contributed by atoms with van der Waals surface area (Å²) >= 11 is 0. The Morgan fingerprint density at radius 1 is 1.65 bits per heavy atom. The van der Waals surface area contributed by atoms with Crippen LogP contribution in [0, 0.1) is 5.41 Å². The largest absolute Gasteiger partial charge is 0.409 e. The number of H-pyrrole nitrogens is 1. The molecule has 1 aromatic rings. The molecular formula is C10H17N5O2. The minimum absolute atomic E-state index is 0.0801. The Labute approximate surface area is 99.1 Å². The molecule has 17 heavy (non-hydrogen) atoms. The van der Waals surface area contributed by atoms with Crippen molar-refractivity contribution in [3.05, 3.63) is 12.4 Å². The fourth-order valence-corrected chi connectivity index (χ4v) is 1.72. The molecule has 0 fully saturated rings. The summed E-state index contributed by atoms with van der Waals surface area (Å²) < 4.78 is 0. The van der Waals surface area contributed by atoms with Crippen LogP contribution in [0.3, 0.4) is 0 Å². The maximum absolute atomic E-state index is 12.2. The highest BCUT2D eigenvalue weighted by molar-refractivity contribution is 6.11. The number of nitrogens with zero attached hydrogens (tertiary/aromatic N) is 2. The van der Waals surface area contributed by atoms with E-state index in [9.17, 15) is 4.79 Å². The summed E-state index contributed by atoms with van der Waals surface area (Å²) in [5, 5.41) is 20.7. The predicted octanol–water partition coefficient (Wildman–Crippen LogP) is 0.901. The number of oxime groups is 1. The second-order valence-corrected chi connectivity index (χ2v) is 3.72. The van der Waals surface area contributed by atoms with Crippen molar-refractivity contribution in [3.63, 3.8) is 0 Å².